The van der Waals surface area contributed by atoms with Gasteiger partial charge < -0.3 is 15.8 Å². The number of nitrogens with zero attached hydrogens (tertiary/aromatic N) is 2. The highest BCUT2D eigenvalue weighted by atomic mass is 16.5. The molecule has 1 aromatic carbocycles. The molecule has 0 fully saturated rings. The van der Waals surface area contributed by atoms with Gasteiger partial charge in [-0.25, -0.2) is 4.98 Å². The zero-order valence-corrected chi connectivity index (χ0v) is 10.5. The number of anilines is 1. The second-order valence-electron chi connectivity index (χ2n) is 4.01. The van der Waals surface area contributed by atoms with Crippen molar-refractivity contribution in [3.8, 4) is 5.75 Å². The smallest absolute Gasteiger partial charge is 0.167 e. The molecule has 1 unspecified atom stereocenters. The van der Waals surface area contributed by atoms with Gasteiger partial charge in [0.15, 0.2) is 5.82 Å². The molecule has 1 heterocycles. The summed E-state index contributed by atoms with van der Waals surface area (Å²) in [6.45, 7) is 2.41. The van der Waals surface area contributed by atoms with E-state index in [1.165, 1.54) is 0 Å². The summed E-state index contributed by atoms with van der Waals surface area (Å²) in [5, 5.41) is 10.1. The minimum absolute atomic E-state index is 0.160. The van der Waals surface area contributed by atoms with Crippen molar-refractivity contribution >= 4 is 5.69 Å². The van der Waals surface area contributed by atoms with E-state index in [0.717, 1.165) is 17.3 Å². The number of H-pyrrole nitrogens is 1. The highest BCUT2D eigenvalue weighted by Gasteiger charge is 2.06. The topological polar surface area (TPSA) is 88.8 Å². The first kappa shape index (κ1) is 12.4. The maximum absolute atomic E-state index is 5.69. The fourth-order valence-electron chi connectivity index (χ4n) is 1.51. The first-order valence-corrected chi connectivity index (χ1v) is 5.73. The maximum Gasteiger partial charge on any atom is 0.167 e. The summed E-state index contributed by atoms with van der Waals surface area (Å²) in [5.41, 5.74) is 6.66. The molecule has 0 radical (unpaired) electrons. The number of methoxy groups -OCH3 is 1. The summed E-state index contributed by atoms with van der Waals surface area (Å²) < 4.78 is 5.15. The van der Waals surface area contributed by atoms with E-state index < -0.39 is 0 Å². The predicted octanol–water partition coefficient (Wildman–Crippen LogP) is 1.45. The lowest BCUT2D eigenvalue weighted by molar-refractivity contribution is 0.415. The van der Waals surface area contributed by atoms with Crippen LogP contribution in [0, 0.1) is 0 Å². The highest BCUT2D eigenvalue weighted by molar-refractivity contribution is 5.48. The number of aromatic amines is 1. The van der Waals surface area contributed by atoms with Crippen LogP contribution in [0.15, 0.2) is 24.3 Å². The van der Waals surface area contributed by atoms with Gasteiger partial charge in [-0.3, -0.25) is 5.10 Å². The van der Waals surface area contributed by atoms with Crippen LogP contribution in [0.3, 0.4) is 0 Å². The van der Waals surface area contributed by atoms with Crippen LogP contribution in [-0.4, -0.2) is 22.3 Å². The van der Waals surface area contributed by atoms with Gasteiger partial charge in [-0.05, 0) is 19.1 Å². The summed E-state index contributed by atoms with van der Waals surface area (Å²) in [5.74, 6) is 2.19. The number of ether oxygens (including phenoxy) is 1. The molecule has 0 amide bonds. The van der Waals surface area contributed by atoms with Gasteiger partial charge in [0.25, 0.3) is 0 Å². The summed E-state index contributed by atoms with van der Waals surface area (Å²) >= 11 is 0. The Morgan fingerprint density at radius 3 is 3.00 bits per heavy atom. The van der Waals surface area contributed by atoms with Crippen LogP contribution < -0.4 is 15.8 Å². The number of hydrogen-bond donors (Lipinski definition) is 3. The molecule has 6 nitrogen and oxygen atoms in total. The summed E-state index contributed by atoms with van der Waals surface area (Å²) in [4.78, 5) is 4.28. The van der Waals surface area contributed by atoms with Crippen LogP contribution in [0.1, 0.15) is 24.6 Å². The zero-order chi connectivity index (χ0) is 13.0. The quantitative estimate of drug-likeness (QED) is 0.744. The fourth-order valence-corrected chi connectivity index (χ4v) is 1.51. The van der Waals surface area contributed by atoms with Crippen LogP contribution in [0.4, 0.5) is 5.69 Å². The lowest BCUT2D eigenvalue weighted by atomic mass is 10.3. The largest absolute Gasteiger partial charge is 0.497 e. The SMILES string of the molecule is COc1cccc(NCc2nc(C(C)N)n[nH]2)c1. The van der Waals surface area contributed by atoms with Crippen LogP contribution in [0.2, 0.25) is 0 Å². The molecule has 0 aliphatic heterocycles. The molecular weight excluding hydrogens is 230 g/mol. The van der Waals surface area contributed by atoms with Crippen molar-refractivity contribution in [2.24, 2.45) is 5.73 Å². The van der Waals surface area contributed by atoms with Crippen molar-refractivity contribution in [2.75, 3.05) is 12.4 Å². The highest BCUT2D eigenvalue weighted by Crippen LogP contribution is 2.17. The van der Waals surface area contributed by atoms with Crippen molar-refractivity contribution in [1.82, 2.24) is 15.2 Å². The van der Waals surface area contributed by atoms with Crippen molar-refractivity contribution < 1.29 is 4.74 Å². The molecule has 0 bridgehead atoms. The normalized spacial score (nSPS) is 12.2. The predicted molar refractivity (Wildman–Crippen MR) is 69.3 cm³/mol. The lowest BCUT2D eigenvalue weighted by Gasteiger charge is -2.06. The van der Waals surface area contributed by atoms with Crippen molar-refractivity contribution in [1.29, 1.82) is 0 Å². The summed E-state index contributed by atoms with van der Waals surface area (Å²) in [6.07, 6.45) is 0. The average Bonchev–Trinajstić information content (AvgIpc) is 2.85. The Balaban J connectivity index is 1.97. The molecular formula is C12H17N5O. The maximum atomic E-state index is 5.69. The second kappa shape index (κ2) is 5.50. The third-order valence-corrected chi connectivity index (χ3v) is 2.49. The van der Waals surface area contributed by atoms with Crippen molar-refractivity contribution in [2.45, 2.75) is 19.5 Å². The van der Waals surface area contributed by atoms with Gasteiger partial charge >= 0.3 is 0 Å². The van der Waals surface area contributed by atoms with E-state index in [9.17, 15) is 0 Å². The second-order valence-corrected chi connectivity index (χ2v) is 4.01. The van der Waals surface area contributed by atoms with Gasteiger partial charge in [-0.1, -0.05) is 6.07 Å². The van der Waals surface area contributed by atoms with Crippen LogP contribution in [0.5, 0.6) is 5.75 Å². The van der Waals surface area contributed by atoms with Gasteiger partial charge in [0.2, 0.25) is 0 Å². The Kier molecular flexibility index (Phi) is 3.78. The number of rotatable bonds is 5. The molecule has 0 spiro atoms. The lowest BCUT2D eigenvalue weighted by Crippen LogP contribution is -2.07. The van der Waals surface area contributed by atoms with Gasteiger partial charge in [0.1, 0.15) is 11.6 Å². The Morgan fingerprint density at radius 2 is 2.33 bits per heavy atom. The van der Waals surface area contributed by atoms with Crippen molar-refractivity contribution in [3.05, 3.63) is 35.9 Å². The van der Waals surface area contributed by atoms with E-state index in [1.54, 1.807) is 7.11 Å². The van der Waals surface area contributed by atoms with E-state index >= 15 is 0 Å². The number of aromatic nitrogens is 3. The molecule has 0 aliphatic carbocycles. The van der Waals surface area contributed by atoms with Crippen LogP contribution >= 0.6 is 0 Å². The summed E-state index contributed by atoms with van der Waals surface area (Å²) in [6, 6.07) is 7.54. The number of nitrogens with one attached hydrogen (secondary N) is 2. The Morgan fingerprint density at radius 1 is 1.50 bits per heavy atom. The molecule has 0 saturated heterocycles. The van der Waals surface area contributed by atoms with E-state index in [0.29, 0.717) is 12.4 Å². The molecule has 6 heteroatoms. The Bertz CT molecular complexity index is 509. The molecule has 0 aliphatic rings. The molecule has 1 aromatic heterocycles. The molecule has 2 rings (SSSR count). The Hall–Kier alpha value is -2.08. The number of hydrogen-bond acceptors (Lipinski definition) is 5. The van der Waals surface area contributed by atoms with Crippen LogP contribution in [-0.2, 0) is 6.54 Å². The van der Waals surface area contributed by atoms with E-state index in [4.69, 9.17) is 10.5 Å². The number of nitrogens with two attached hydrogens (primary N) is 1. The first-order valence-electron chi connectivity index (χ1n) is 5.73. The standard InChI is InChI=1S/C12H17N5O/c1-8(13)12-15-11(16-17-12)7-14-9-4-3-5-10(6-9)18-2/h3-6,8,14H,7,13H2,1-2H3,(H,15,16,17). The van der Waals surface area contributed by atoms with Crippen LogP contribution in [0.25, 0.3) is 0 Å². The van der Waals surface area contributed by atoms with Gasteiger partial charge in [-0.2, -0.15) is 5.10 Å². The molecule has 18 heavy (non-hydrogen) atoms. The van der Waals surface area contributed by atoms with E-state index in [-0.39, 0.29) is 6.04 Å². The fraction of sp³-hybridized carbons (Fsp3) is 0.333. The van der Waals surface area contributed by atoms with Gasteiger partial charge in [0.05, 0.1) is 19.7 Å². The first-order chi connectivity index (χ1) is 8.69. The monoisotopic (exact) mass is 247 g/mol. The molecule has 4 N–H and O–H groups in total. The summed E-state index contributed by atoms with van der Waals surface area (Å²) in [7, 11) is 1.64. The minimum Gasteiger partial charge on any atom is -0.497 e. The van der Waals surface area contributed by atoms with Gasteiger partial charge in [-0.15, -0.1) is 0 Å². The molecule has 1 atom stereocenters. The molecule has 96 valence electrons. The zero-order valence-electron chi connectivity index (χ0n) is 10.5. The third kappa shape index (κ3) is 2.98. The Labute approximate surface area is 106 Å². The number of benzene rings is 1. The van der Waals surface area contributed by atoms with Crippen molar-refractivity contribution in [3.63, 3.8) is 0 Å². The molecule has 2 aromatic rings. The van der Waals surface area contributed by atoms with E-state index in [2.05, 4.69) is 20.5 Å². The van der Waals surface area contributed by atoms with E-state index in [1.807, 2.05) is 31.2 Å². The minimum atomic E-state index is -0.160. The third-order valence-electron chi connectivity index (χ3n) is 2.49. The van der Waals surface area contributed by atoms with Gasteiger partial charge in [0, 0.05) is 11.8 Å². The average molecular weight is 247 g/mol. The molecule has 0 saturated carbocycles.